The number of likely N-dealkylation sites (N-methyl/N-ethyl adjacent to an activating group) is 1. The number of carbonyl (C=O) groups is 3. The standard InChI is InChI=1S/C64H74Cl2FN11O7/c1-10-84-55-37-44(62(3,4)5)15-21-49(55)58-71-63(6,42-11-16-45(65)17-12-42)64(7,43-13-18-46(66)19-14-43)78(58)61(81)76-29-27-75(28-30-76)32-34-83-36-35-82-33-25-56(79)73(8)26-31-77-54-40-74(9)60(80)48-22-20-47(67)38-50(48)41(2)85-59-51(69)23-24-52(70-59)57(54)53(39-68)72-77/h11-24,37-38,41H,10,25-36,40,69H2,1-9H3/t41-,63-,64+/m1/s1. The molecule has 4 amide bonds. The fourth-order valence-corrected chi connectivity index (χ4v) is 11.5. The molecule has 5 heterocycles. The van der Waals surface area contributed by atoms with Gasteiger partial charge in [-0.25, -0.2) is 14.2 Å². The first-order valence-electron chi connectivity index (χ1n) is 28.6. The number of benzene rings is 4. The molecule has 0 spiro atoms. The van der Waals surface area contributed by atoms with Crippen molar-refractivity contribution in [1.82, 2.24) is 39.3 Å². The summed E-state index contributed by atoms with van der Waals surface area (Å²) < 4.78 is 40.5. The van der Waals surface area contributed by atoms with E-state index in [0.717, 1.165) is 22.3 Å². The molecule has 9 rings (SSSR count). The molecule has 18 nitrogen and oxygen atoms in total. The zero-order valence-electron chi connectivity index (χ0n) is 49.8. The predicted octanol–water partition coefficient (Wildman–Crippen LogP) is 10.5. The lowest BCUT2D eigenvalue weighted by molar-refractivity contribution is -0.131. The lowest BCUT2D eigenvalue weighted by Gasteiger charge is -2.47. The number of rotatable bonds is 17. The van der Waals surface area contributed by atoms with E-state index in [4.69, 9.17) is 52.9 Å². The molecule has 6 aromatic rings. The van der Waals surface area contributed by atoms with Crippen molar-refractivity contribution >= 4 is 52.6 Å². The van der Waals surface area contributed by atoms with E-state index in [9.17, 15) is 19.2 Å². The quantitative estimate of drug-likeness (QED) is 0.0850. The van der Waals surface area contributed by atoms with Crippen molar-refractivity contribution in [3.05, 3.63) is 158 Å². The van der Waals surface area contributed by atoms with Crippen LogP contribution in [0.5, 0.6) is 11.6 Å². The predicted molar refractivity (Wildman–Crippen MR) is 325 cm³/mol. The Labute approximate surface area is 506 Å². The number of piperazine rings is 1. The summed E-state index contributed by atoms with van der Waals surface area (Å²) in [6.07, 6.45) is -0.674. The highest BCUT2D eigenvalue weighted by Gasteiger charge is 2.60. The van der Waals surface area contributed by atoms with Gasteiger partial charge in [-0.2, -0.15) is 10.4 Å². The Balaban J connectivity index is 0.786. The fraction of sp³-hybridized carbons (Fsp3) is 0.422. The molecule has 1 fully saturated rings. The highest BCUT2D eigenvalue weighted by molar-refractivity contribution is 6.30. The Morgan fingerprint density at radius 2 is 1.54 bits per heavy atom. The molecule has 448 valence electrons. The number of ether oxygens (including phenoxy) is 4. The van der Waals surface area contributed by atoms with Crippen LogP contribution in [0.25, 0.3) is 11.3 Å². The summed E-state index contributed by atoms with van der Waals surface area (Å²) in [5, 5.41) is 16.1. The lowest BCUT2D eigenvalue weighted by atomic mass is 9.71. The van der Waals surface area contributed by atoms with Crippen molar-refractivity contribution in [1.29, 1.82) is 5.26 Å². The second-order valence-electron chi connectivity index (χ2n) is 23.0. The third kappa shape index (κ3) is 13.0. The molecule has 0 radical (unpaired) electrons. The van der Waals surface area contributed by atoms with Crippen molar-refractivity contribution < 1.29 is 37.7 Å². The van der Waals surface area contributed by atoms with Crippen LogP contribution in [0.4, 0.5) is 14.9 Å². The van der Waals surface area contributed by atoms with Crippen molar-refractivity contribution in [3.63, 3.8) is 0 Å². The molecule has 2 N–H and O–H groups in total. The monoisotopic (exact) mass is 1200 g/mol. The zero-order chi connectivity index (χ0) is 61.0. The van der Waals surface area contributed by atoms with Crippen molar-refractivity contribution in [2.45, 2.75) is 90.6 Å². The third-order valence-electron chi connectivity index (χ3n) is 16.4. The van der Waals surface area contributed by atoms with Crippen LogP contribution in [0.1, 0.15) is 111 Å². The summed E-state index contributed by atoms with van der Waals surface area (Å²) in [7, 11) is 3.29. The number of carbonyl (C=O) groups excluding carboxylic acids is 3. The molecule has 4 aromatic carbocycles. The summed E-state index contributed by atoms with van der Waals surface area (Å²) in [5.41, 5.74) is 9.75. The van der Waals surface area contributed by atoms with Crippen LogP contribution in [0.2, 0.25) is 10.0 Å². The highest BCUT2D eigenvalue weighted by Crippen LogP contribution is 2.54. The van der Waals surface area contributed by atoms with Crippen LogP contribution in [-0.2, 0) is 43.9 Å². The van der Waals surface area contributed by atoms with Gasteiger partial charge in [0.1, 0.15) is 40.7 Å². The van der Waals surface area contributed by atoms with Crippen LogP contribution in [0, 0.1) is 17.1 Å². The van der Waals surface area contributed by atoms with E-state index in [-0.39, 0.29) is 79.4 Å². The first kappa shape index (κ1) is 61.9. The van der Waals surface area contributed by atoms with Gasteiger partial charge in [-0.1, -0.05) is 74.3 Å². The number of nitrogens with two attached hydrogens (primary N) is 1. The summed E-state index contributed by atoms with van der Waals surface area (Å²) in [4.78, 5) is 62.2. The summed E-state index contributed by atoms with van der Waals surface area (Å²) in [6.45, 7) is 19.2. The Morgan fingerprint density at radius 3 is 2.20 bits per heavy atom. The van der Waals surface area contributed by atoms with Gasteiger partial charge < -0.3 is 39.4 Å². The van der Waals surface area contributed by atoms with Gasteiger partial charge in [0, 0.05) is 74.5 Å². The number of fused-ring (bicyclic) bond motifs is 5. The average Bonchev–Trinajstić information content (AvgIpc) is 1.71. The highest BCUT2D eigenvalue weighted by atomic mass is 35.5. The van der Waals surface area contributed by atoms with Gasteiger partial charge in [0.05, 0.1) is 80.7 Å². The van der Waals surface area contributed by atoms with E-state index in [2.05, 4.69) is 67.8 Å². The molecule has 2 aromatic heterocycles. The maximum absolute atomic E-state index is 15.5. The molecule has 3 aliphatic heterocycles. The number of nitrogen functional groups attached to an aromatic ring is 1. The topological polar surface area (TPSA) is 197 Å². The SMILES string of the molecule is CCOc1cc(C(C)(C)C)ccc1C1=N[C@](C)(c2ccc(Cl)cc2)[C@](C)(c2ccc(Cl)cc2)N1C(=O)N1CCN(CCOCCOCCC(=O)N(C)CCn2nc(C#N)c3c2CN(C)C(=O)c2ccc(F)cc2[C@@H](C)Oc2nc-3ccc2N)CC1. The number of aliphatic imine (C=N–C) groups is 1. The average molecular weight is 1200 g/mol. The van der Waals surface area contributed by atoms with E-state index >= 15 is 4.79 Å². The van der Waals surface area contributed by atoms with E-state index < -0.39 is 28.9 Å². The number of amides is 4. The number of urea groups is 1. The second-order valence-corrected chi connectivity index (χ2v) is 23.8. The second kappa shape index (κ2) is 25.9. The van der Waals surface area contributed by atoms with Gasteiger partial charge in [0.25, 0.3) is 5.91 Å². The number of hydrogen-bond donors (Lipinski definition) is 1. The molecular weight excluding hydrogens is 1120 g/mol. The third-order valence-corrected chi connectivity index (χ3v) is 16.9. The van der Waals surface area contributed by atoms with Crippen LogP contribution in [0.15, 0.2) is 102 Å². The summed E-state index contributed by atoms with van der Waals surface area (Å²) >= 11 is 13.0. The minimum absolute atomic E-state index is 0.0148. The van der Waals surface area contributed by atoms with E-state index in [1.54, 1.807) is 42.7 Å². The molecule has 2 bridgehead atoms. The van der Waals surface area contributed by atoms with Crippen LogP contribution < -0.4 is 15.2 Å². The Bertz CT molecular complexity index is 3510. The summed E-state index contributed by atoms with van der Waals surface area (Å²) in [5.74, 6) is 0.130. The number of aromatic nitrogens is 3. The van der Waals surface area contributed by atoms with Gasteiger partial charge >= 0.3 is 6.03 Å². The number of hydrogen-bond acceptors (Lipinski definition) is 13. The smallest absolute Gasteiger partial charge is 0.326 e. The largest absolute Gasteiger partial charge is 0.493 e. The van der Waals surface area contributed by atoms with Gasteiger partial charge in [0.2, 0.25) is 11.8 Å². The molecule has 3 aliphatic rings. The molecule has 3 atom stereocenters. The van der Waals surface area contributed by atoms with Crippen LogP contribution in [-0.4, -0.2) is 149 Å². The zero-order valence-corrected chi connectivity index (χ0v) is 51.3. The molecular formula is C64H74Cl2FN11O7. The van der Waals surface area contributed by atoms with Gasteiger partial charge in [0.15, 0.2) is 5.69 Å². The molecule has 85 heavy (non-hydrogen) atoms. The van der Waals surface area contributed by atoms with E-state index in [0.29, 0.717) is 96.7 Å². The molecule has 0 saturated carbocycles. The minimum Gasteiger partial charge on any atom is -0.493 e. The number of amidine groups is 1. The van der Waals surface area contributed by atoms with E-state index in [1.807, 2.05) is 71.3 Å². The Morgan fingerprint density at radius 1 is 0.882 bits per heavy atom. The van der Waals surface area contributed by atoms with Crippen LogP contribution in [0.3, 0.4) is 0 Å². The number of anilines is 1. The first-order valence-corrected chi connectivity index (χ1v) is 29.4. The molecule has 0 unspecified atom stereocenters. The molecule has 21 heteroatoms. The van der Waals surface area contributed by atoms with Gasteiger partial charge in [-0.15, -0.1) is 0 Å². The number of pyridine rings is 1. The molecule has 0 aliphatic carbocycles. The molecule has 1 saturated heterocycles. The first-order chi connectivity index (χ1) is 40.6. The van der Waals surface area contributed by atoms with Crippen molar-refractivity contribution in [2.75, 3.05) is 92.1 Å². The number of halogens is 3. The minimum atomic E-state index is -1.05. The van der Waals surface area contributed by atoms with Crippen LogP contribution >= 0.6 is 23.2 Å². The van der Waals surface area contributed by atoms with Gasteiger partial charge in [-0.05, 0) is 117 Å². The van der Waals surface area contributed by atoms with Gasteiger partial charge in [-0.3, -0.25) is 29.1 Å². The Hall–Kier alpha value is -7.60. The lowest BCUT2D eigenvalue weighted by Crippen LogP contribution is -2.60. The Kier molecular flexibility index (Phi) is 18.9. The van der Waals surface area contributed by atoms with E-state index in [1.165, 1.54) is 23.1 Å². The number of nitriles is 1. The van der Waals surface area contributed by atoms with Crippen molar-refractivity contribution in [2.24, 2.45) is 4.99 Å². The summed E-state index contributed by atoms with van der Waals surface area (Å²) in [6, 6.07) is 30.7. The number of nitrogens with zero attached hydrogens (tertiary/aromatic N) is 10. The maximum atomic E-state index is 15.5. The normalized spacial score (nSPS) is 19.0. The maximum Gasteiger partial charge on any atom is 0.326 e. The van der Waals surface area contributed by atoms with Crippen molar-refractivity contribution in [3.8, 4) is 29.0 Å². The fourth-order valence-electron chi connectivity index (χ4n) is 11.2.